The molecule has 9 atom stereocenters. The third-order valence-electron chi connectivity index (χ3n) is 17.2. The molecule has 14 saturated carbocycles. The van der Waals surface area contributed by atoms with E-state index in [-0.39, 0.29) is 29.1 Å². The van der Waals surface area contributed by atoms with Crippen LogP contribution in [-0.4, -0.2) is 44.6 Å². The quantitative estimate of drug-likeness (QED) is 0.321. The molecule has 2 N–H and O–H groups in total. The molecule has 6 nitrogen and oxygen atoms in total. The van der Waals surface area contributed by atoms with E-state index >= 15 is 0 Å². The molecule has 0 aromatic rings. The van der Waals surface area contributed by atoms with E-state index in [2.05, 4.69) is 13.8 Å². The average molecular weight is 623 g/mol. The van der Waals surface area contributed by atoms with Crippen molar-refractivity contribution in [3.63, 3.8) is 0 Å². The molecule has 0 spiro atoms. The lowest BCUT2D eigenvalue weighted by atomic mass is 9.32. The molecule has 250 valence electrons. The summed E-state index contributed by atoms with van der Waals surface area (Å²) in [7, 11) is 0. The van der Waals surface area contributed by atoms with Crippen LogP contribution >= 0.6 is 0 Å². The van der Waals surface area contributed by atoms with Gasteiger partial charge in [-0.15, -0.1) is 0 Å². The molecule has 14 rings (SSSR count). The average Bonchev–Trinajstić information content (AvgIpc) is 3.01. The smallest absolute Gasteiger partial charge is 0.312 e. The second kappa shape index (κ2) is 9.30. The van der Waals surface area contributed by atoms with Crippen molar-refractivity contribution in [3.05, 3.63) is 0 Å². The maximum Gasteiger partial charge on any atom is 0.312 e. The number of carbonyl (C=O) groups is 2. The lowest BCUT2D eigenvalue weighted by Crippen LogP contribution is -2.78. The molecule has 9 unspecified atom stereocenters. The van der Waals surface area contributed by atoms with E-state index < -0.39 is 16.6 Å². The van der Waals surface area contributed by atoms with Crippen LogP contribution in [-0.2, 0) is 19.1 Å². The summed E-state index contributed by atoms with van der Waals surface area (Å²) < 4.78 is 12.8. The molecule has 14 fully saturated rings. The van der Waals surface area contributed by atoms with Gasteiger partial charge < -0.3 is 19.7 Å². The van der Waals surface area contributed by atoms with Crippen LogP contribution in [0.3, 0.4) is 0 Å². The molecular weight excluding hydrogens is 564 g/mol. The highest BCUT2D eigenvalue weighted by Gasteiger charge is 2.78. The first kappa shape index (κ1) is 30.0. The summed E-state index contributed by atoms with van der Waals surface area (Å²) in [5.74, 6) is 6.05. The molecule has 45 heavy (non-hydrogen) atoms. The largest absolute Gasteiger partial charge is 0.458 e. The van der Waals surface area contributed by atoms with Crippen LogP contribution < -0.4 is 0 Å². The Kier molecular flexibility index (Phi) is 6.19. The second-order valence-corrected chi connectivity index (χ2v) is 19.3. The SMILES string of the molecule is CCC(C)(C)C(=O)OC12CC3CC4C1CC1CC2C(C3)C4(O)C1.CCC(C)C(=O)OC12CC3CC4C1CC1CC2C(C3)C4(O)C1. The minimum Gasteiger partial charge on any atom is -0.458 e. The van der Waals surface area contributed by atoms with Crippen LogP contribution in [0.5, 0.6) is 0 Å². The van der Waals surface area contributed by atoms with Gasteiger partial charge in [-0.2, -0.15) is 0 Å². The van der Waals surface area contributed by atoms with E-state index in [1.165, 1.54) is 51.4 Å². The Bertz CT molecular complexity index is 1240. The van der Waals surface area contributed by atoms with Gasteiger partial charge in [0.1, 0.15) is 11.2 Å². The van der Waals surface area contributed by atoms with Gasteiger partial charge in [0.15, 0.2) is 0 Å². The summed E-state index contributed by atoms with van der Waals surface area (Å²) >= 11 is 0. The standard InChI is InChI=1S/C20H30O3.C19H28O3/c1-4-18(2,3)17(21)23-20-10-12-5-13-15(20)7-11-8-16(20)14(6-12)19(13,22)9-11;1-3-10(2)17(20)22-19-9-12-4-13-15(19)6-11-7-16(19)14(5-12)18(13,21)8-11/h11-16,22H,4-10H2,1-3H3;10-16,21H,3-9H2,1-2H3. The van der Waals surface area contributed by atoms with Gasteiger partial charge in [-0.05, 0) is 151 Å². The molecule has 14 aliphatic rings. The van der Waals surface area contributed by atoms with Crippen LogP contribution in [0, 0.1) is 82.3 Å². The van der Waals surface area contributed by atoms with Crippen LogP contribution in [0.15, 0.2) is 0 Å². The summed E-state index contributed by atoms with van der Waals surface area (Å²) in [4.78, 5) is 25.5. The van der Waals surface area contributed by atoms with Crippen molar-refractivity contribution < 1.29 is 29.3 Å². The third kappa shape index (κ3) is 3.66. The fourth-order valence-electron chi connectivity index (χ4n) is 15.0. The first-order valence-corrected chi connectivity index (χ1v) is 19.2. The van der Waals surface area contributed by atoms with E-state index in [9.17, 15) is 19.8 Å². The molecule has 0 saturated heterocycles. The molecule has 16 bridgehead atoms. The van der Waals surface area contributed by atoms with Gasteiger partial charge in [0.2, 0.25) is 0 Å². The van der Waals surface area contributed by atoms with Crippen molar-refractivity contribution in [2.75, 3.05) is 0 Å². The summed E-state index contributed by atoms with van der Waals surface area (Å²) in [5, 5.41) is 22.8. The molecule has 0 aliphatic heterocycles. The summed E-state index contributed by atoms with van der Waals surface area (Å²) in [6.45, 7) is 10.1. The van der Waals surface area contributed by atoms with Crippen LogP contribution in [0.1, 0.15) is 125 Å². The monoisotopic (exact) mass is 622 g/mol. The van der Waals surface area contributed by atoms with Crippen molar-refractivity contribution in [3.8, 4) is 0 Å². The van der Waals surface area contributed by atoms with Crippen molar-refractivity contribution in [1.82, 2.24) is 0 Å². The summed E-state index contributed by atoms with van der Waals surface area (Å²) in [6, 6.07) is 0. The Labute approximate surface area is 270 Å². The number of aliphatic hydroxyl groups is 2. The fourth-order valence-corrected chi connectivity index (χ4v) is 15.0. The molecule has 0 aromatic heterocycles. The first-order valence-electron chi connectivity index (χ1n) is 19.2. The van der Waals surface area contributed by atoms with Crippen molar-refractivity contribution in [1.29, 1.82) is 0 Å². The lowest BCUT2D eigenvalue weighted by Gasteiger charge is -2.75. The predicted octanol–water partition coefficient (Wildman–Crippen LogP) is 6.69. The van der Waals surface area contributed by atoms with Crippen LogP contribution in [0.2, 0.25) is 0 Å². The zero-order valence-electron chi connectivity index (χ0n) is 28.4. The Morgan fingerprint density at radius 2 is 1.00 bits per heavy atom. The van der Waals surface area contributed by atoms with Gasteiger partial charge in [-0.1, -0.05) is 20.8 Å². The number of hydrogen-bond acceptors (Lipinski definition) is 6. The van der Waals surface area contributed by atoms with Crippen molar-refractivity contribution >= 4 is 11.9 Å². The number of esters is 2. The van der Waals surface area contributed by atoms with Gasteiger partial charge in [0.25, 0.3) is 0 Å². The zero-order chi connectivity index (χ0) is 31.5. The maximum absolute atomic E-state index is 12.9. The highest BCUT2D eigenvalue weighted by Crippen LogP contribution is 2.76. The number of ether oxygens (including phenoxy) is 2. The van der Waals surface area contributed by atoms with Gasteiger partial charge in [0, 0.05) is 23.7 Å². The summed E-state index contributed by atoms with van der Waals surface area (Å²) in [5.41, 5.74) is -1.68. The van der Waals surface area contributed by atoms with Gasteiger partial charge in [0.05, 0.1) is 22.5 Å². The lowest BCUT2D eigenvalue weighted by molar-refractivity contribution is -0.345. The second-order valence-electron chi connectivity index (χ2n) is 19.3. The minimum absolute atomic E-state index is 0.000451. The molecule has 0 aromatic carbocycles. The first-order chi connectivity index (χ1) is 21.3. The molecule has 0 radical (unpaired) electrons. The Morgan fingerprint density at radius 1 is 0.644 bits per heavy atom. The van der Waals surface area contributed by atoms with E-state index in [1.807, 2.05) is 20.8 Å². The van der Waals surface area contributed by atoms with E-state index in [0.717, 1.165) is 38.5 Å². The van der Waals surface area contributed by atoms with Gasteiger partial charge in [-0.25, -0.2) is 0 Å². The molecule has 14 aliphatic carbocycles. The number of carbonyl (C=O) groups excluding carboxylic acids is 2. The number of rotatable bonds is 6. The molecule has 0 heterocycles. The van der Waals surface area contributed by atoms with Crippen LogP contribution in [0.4, 0.5) is 0 Å². The normalized spacial score (nSPS) is 56.8. The minimum atomic E-state index is -0.427. The van der Waals surface area contributed by atoms with E-state index in [0.29, 0.717) is 71.0 Å². The Morgan fingerprint density at radius 3 is 1.38 bits per heavy atom. The highest BCUT2D eigenvalue weighted by atomic mass is 16.6. The van der Waals surface area contributed by atoms with Crippen LogP contribution in [0.25, 0.3) is 0 Å². The Hall–Kier alpha value is -1.14. The maximum atomic E-state index is 12.9. The van der Waals surface area contributed by atoms with E-state index in [1.54, 1.807) is 0 Å². The van der Waals surface area contributed by atoms with Gasteiger partial charge >= 0.3 is 11.9 Å². The number of hydrogen-bond donors (Lipinski definition) is 2. The predicted molar refractivity (Wildman–Crippen MR) is 168 cm³/mol. The highest BCUT2D eigenvalue weighted by molar-refractivity contribution is 5.76. The van der Waals surface area contributed by atoms with Gasteiger partial charge in [-0.3, -0.25) is 9.59 Å². The topological polar surface area (TPSA) is 93.1 Å². The summed E-state index contributed by atoms with van der Waals surface area (Å²) in [6.07, 6.45) is 15.3. The van der Waals surface area contributed by atoms with E-state index in [4.69, 9.17) is 9.47 Å². The zero-order valence-corrected chi connectivity index (χ0v) is 28.4. The molecule has 0 amide bonds. The van der Waals surface area contributed by atoms with Crippen molar-refractivity contribution in [2.45, 2.75) is 147 Å². The third-order valence-corrected chi connectivity index (χ3v) is 17.2. The molecule has 6 heteroatoms. The van der Waals surface area contributed by atoms with Crippen molar-refractivity contribution in [2.24, 2.45) is 82.3 Å². The Balaban J connectivity index is 0.000000125. The fraction of sp³-hybridized carbons (Fsp3) is 0.949. The molecular formula is C39H58O6.